The number of nitrogens with two attached hydrogens (primary N) is 1. The highest BCUT2D eigenvalue weighted by molar-refractivity contribution is 7.90. The van der Waals surface area contributed by atoms with Crippen LogP contribution in [-0.2, 0) is 15.4 Å². The van der Waals surface area contributed by atoms with Crippen molar-refractivity contribution in [2.45, 2.75) is 25.3 Å². The van der Waals surface area contributed by atoms with Gasteiger partial charge in [0.1, 0.15) is 9.84 Å². The summed E-state index contributed by atoms with van der Waals surface area (Å²) >= 11 is 5.91. The first-order valence-electron chi connectivity index (χ1n) is 5.43. The molecule has 0 radical (unpaired) electrons. The Morgan fingerprint density at radius 2 is 2.06 bits per heavy atom. The molecule has 0 bridgehead atoms. The smallest absolute Gasteiger partial charge is 0.147 e. The highest BCUT2D eigenvalue weighted by Gasteiger charge is 2.21. The SMILES string of the molecule is CC(N)(CCCS(C)(=O)=O)c1cccc(Cl)c1. The van der Waals surface area contributed by atoms with Crippen molar-refractivity contribution in [3.8, 4) is 0 Å². The Morgan fingerprint density at radius 3 is 2.59 bits per heavy atom. The molecule has 2 N–H and O–H groups in total. The van der Waals surface area contributed by atoms with Crippen LogP contribution in [0.5, 0.6) is 0 Å². The molecule has 0 aliphatic rings. The number of hydrogen-bond donors (Lipinski definition) is 1. The minimum Gasteiger partial charge on any atom is -0.322 e. The van der Waals surface area contributed by atoms with Gasteiger partial charge in [0.25, 0.3) is 0 Å². The van der Waals surface area contributed by atoms with Crippen LogP contribution in [0.3, 0.4) is 0 Å². The van der Waals surface area contributed by atoms with Crippen molar-refractivity contribution < 1.29 is 8.42 Å². The number of hydrogen-bond acceptors (Lipinski definition) is 3. The summed E-state index contributed by atoms with van der Waals surface area (Å²) in [4.78, 5) is 0. The minimum atomic E-state index is -2.92. The van der Waals surface area contributed by atoms with Gasteiger partial charge in [-0.2, -0.15) is 0 Å². The van der Waals surface area contributed by atoms with Gasteiger partial charge in [-0.3, -0.25) is 0 Å². The van der Waals surface area contributed by atoms with Gasteiger partial charge in [-0.1, -0.05) is 23.7 Å². The van der Waals surface area contributed by atoms with Crippen LogP contribution in [0, 0.1) is 0 Å². The van der Waals surface area contributed by atoms with Crippen molar-refractivity contribution in [2.75, 3.05) is 12.0 Å². The van der Waals surface area contributed by atoms with Crippen molar-refractivity contribution in [1.29, 1.82) is 0 Å². The molecule has 0 amide bonds. The minimum absolute atomic E-state index is 0.167. The molecular weight excluding hydrogens is 258 g/mol. The maximum Gasteiger partial charge on any atom is 0.147 e. The van der Waals surface area contributed by atoms with Crippen LogP contribution < -0.4 is 5.73 Å². The summed E-state index contributed by atoms with van der Waals surface area (Å²) in [6, 6.07) is 7.37. The fraction of sp³-hybridized carbons (Fsp3) is 0.500. The average molecular weight is 276 g/mol. The maximum atomic E-state index is 11.0. The molecule has 1 aromatic rings. The Bertz CT molecular complexity index is 483. The molecule has 17 heavy (non-hydrogen) atoms. The van der Waals surface area contributed by atoms with Gasteiger partial charge in [0, 0.05) is 22.6 Å². The molecule has 0 spiro atoms. The molecule has 96 valence electrons. The van der Waals surface area contributed by atoms with E-state index < -0.39 is 15.4 Å². The number of benzene rings is 1. The molecule has 0 aliphatic heterocycles. The summed E-state index contributed by atoms with van der Waals surface area (Å²) in [5, 5.41) is 0.641. The van der Waals surface area contributed by atoms with Crippen LogP contribution >= 0.6 is 11.6 Å². The monoisotopic (exact) mass is 275 g/mol. The Balaban J connectivity index is 2.69. The van der Waals surface area contributed by atoms with Crippen molar-refractivity contribution in [3.63, 3.8) is 0 Å². The van der Waals surface area contributed by atoms with E-state index in [4.69, 9.17) is 17.3 Å². The molecule has 0 aliphatic carbocycles. The average Bonchev–Trinajstić information content (AvgIpc) is 2.15. The second kappa shape index (κ2) is 5.38. The summed E-state index contributed by atoms with van der Waals surface area (Å²) in [6.45, 7) is 1.89. The quantitative estimate of drug-likeness (QED) is 0.897. The van der Waals surface area contributed by atoms with Crippen LogP contribution in [0.4, 0.5) is 0 Å². The molecule has 0 fully saturated rings. The fourth-order valence-electron chi connectivity index (χ4n) is 1.69. The highest BCUT2D eigenvalue weighted by Crippen LogP contribution is 2.25. The molecule has 0 heterocycles. The lowest BCUT2D eigenvalue weighted by Gasteiger charge is -2.25. The van der Waals surface area contributed by atoms with E-state index in [-0.39, 0.29) is 5.75 Å². The first-order valence-corrected chi connectivity index (χ1v) is 7.87. The molecule has 3 nitrogen and oxygen atoms in total. The molecule has 0 saturated carbocycles. The molecule has 1 unspecified atom stereocenters. The van der Waals surface area contributed by atoms with E-state index >= 15 is 0 Å². The summed E-state index contributed by atoms with van der Waals surface area (Å²) in [6.07, 6.45) is 2.40. The molecule has 0 aromatic heterocycles. The largest absolute Gasteiger partial charge is 0.322 e. The third-order valence-corrected chi connectivity index (χ3v) is 3.96. The van der Waals surface area contributed by atoms with Gasteiger partial charge in [-0.05, 0) is 37.5 Å². The zero-order valence-corrected chi connectivity index (χ0v) is 11.7. The number of halogens is 1. The fourth-order valence-corrected chi connectivity index (χ4v) is 2.55. The zero-order chi connectivity index (χ0) is 13.1. The first-order chi connectivity index (χ1) is 7.71. The third kappa shape index (κ3) is 5.06. The number of sulfone groups is 1. The van der Waals surface area contributed by atoms with Crippen molar-refractivity contribution >= 4 is 21.4 Å². The second-order valence-electron chi connectivity index (χ2n) is 4.66. The summed E-state index contributed by atoms with van der Waals surface area (Å²) < 4.78 is 22.1. The molecule has 0 saturated heterocycles. The lowest BCUT2D eigenvalue weighted by atomic mass is 9.89. The lowest BCUT2D eigenvalue weighted by Crippen LogP contribution is -2.33. The second-order valence-corrected chi connectivity index (χ2v) is 7.36. The molecule has 1 aromatic carbocycles. The zero-order valence-electron chi connectivity index (χ0n) is 10.1. The van der Waals surface area contributed by atoms with E-state index in [9.17, 15) is 8.42 Å². The summed E-state index contributed by atoms with van der Waals surface area (Å²) in [7, 11) is -2.92. The van der Waals surface area contributed by atoms with Crippen molar-refractivity contribution in [2.24, 2.45) is 5.73 Å². The van der Waals surface area contributed by atoms with Crippen molar-refractivity contribution in [3.05, 3.63) is 34.9 Å². The van der Waals surface area contributed by atoms with E-state index in [0.29, 0.717) is 17.9 Å². The summed E-state index contributed by atoms with van der Waals surface area (Å²) in [5.41, 5.74) is 6.57. The third-order valence-electron chi connectivity index (χ3n) is 2.70. The standard InChI is InChI=1S/C12H18ClNO2S/c1-12(14,7-4-8-17(2,15)16)10-5-3-6-11(13)9-10/h3,5-6,9H,4,7-8,14H2,1-2H3. The maximum absolute atomic E-state index is 11.0. The van der Waals surface area contributed by atoms with Gasteiger partial charge in [0.2, 0.25) is 0 Å². The summed E-state index contributed by atoms with van der Waals surface area (Å²) in [5.74, 6) is 0.167. The van der Waals surface area contributed by atoms with Gasteiger partial charge in [-0.25, -0.2) is 8.42 Å². The Labute approximate surface area is 108 Å². The number of rotatable bonds is 5. The van der Waals surface area contributed by atoms with Crippen LogP contribution in [0.15, 0.2) is 24.3 Å². The van der Waals surface area contributed by atoms with Gasteiger partial charge in [0.15, 0.2) is 0 Å². The van der Waals surface area contributed by atoms with E-state index in [1.54, 1.807) is 6.07 Å². The Morgan fingerprint density at radius 1 is 1.41 bits per heavy atom. The van der Waals surface area contributed by atoms with Gasteiger partial charge in [0.05, 0.1) is 0 Å². The predicted octanol–water partition coefficient (Wildman–Crippen LogP) is 2.34. The molecule has 1 atom stereocenters. The topological polar surface area (TPSA) is 60.2 Å². The van der Waals surface area contributed by atoms with Crippen molar-refractivity contribution in [1.82, 2.24) is 0 Å². The van der Waals surface area contributed by atoms with E-state index in [1.807, 2.05) is 25.1 Å². The van der Waals surface area contributed by atoms with Crippen LogP contribution in [0.25, 0.3) is 0 Å². The highest BCUT2D eigenvalue weighted by atomic mass is 35.5. The first kappa shape index (κ1) is 14.5. The predicted molar refractivity (Wildman–Crippen MR) is 71.9 cm³/mol. The van der Waals surface area contributed by atoms with Gasteiger partial charge in [-0.15, -0.1) is 0 Å². The molecular formula is C12H18ClNO2S. The molecule has 5 heteroatoms. The normalized spacial score (nSPS) is 15.5. The van der Waals surface area contributed by atoms with Crippen LogP contribution in [-0.4, -0.2) is 20.4 Å². The van der Waals surface area contributed by atoms with E-state index in [0.717, 1.165) is 5.56 Å². The Kier molecular flexibility index (Phi) is 4.58. The van der Waals surface area contributed by atoms with Gasteiger partial charge >= 0.3 is 0 Å². The van der Waals surface area contributed by atoms with Crippen LogP contribution in [0.1, 0.15) is 25.3 Å². The Hall–Kier alpha value is -0.580. The van der Waals surface area contributed by atoms with E-state index in [1.165, 1.54) is 6.26 Å². The van der Waals surface area contributed by atoms with Crippen LogP contribution in [0.2, 0.25) is 5.02 Å². The molecule has 1 rings (SSSR count). The van der Waals surface area contributed by atoms with E-state index in [2.05, 4.69) is 0 Å². The van der Waals surface area contributed by atoms with Gasteiger partial charge < -0.3 is 5.73 Å². The lowest BCUT2D eigenvalue weighted by molar-refractivity contribution is 0.446.